The molecule has 0 aliphatic carbocycles. The highest BCUT2D eigenvalue weighted by Gasteiger charge is 2.06. The zero-order valence-corrected chi connectivity index (χ0v) is 7.83. The zero-order valence-electron chi connectivity index (χ0n) is 7.83. The van der Waals surface area contributed by atoms with Gasteiger partial charge >= 0.3 is 0 Å². The first-order valence-electron chi connectivity index (χ1n) is 4.44. The maximum Gasteiger partial charge on any atom is 0.225 e. The third-order valence-electron chi connectivity index (χ3n) is 2.26. The van der Waals surface area contributed by atoms with Crippen LogP contribution in [-0.4, -0.2) is 13.1 Å². The molecule has 0 saturated carbocycles. The molecule has 1 aromatic heterocycles. The third-order valence-corrected chi connectivity index (χ3v) is 2.26. The number of benzene rings is 1. The van der Waals surface area contributed by atoms with E-state index in [9.17, 15) is 0 Å². The van der Waals surface area contributed by atoms with Crippen LogP contribution in [0.5, 0.6) is 0 Å². The van der Waals surface area contributed by atoms with Crippen molar-refractivity contribution < 1.29 is 9.15 Å². The van der Waals surface area contributed by atoms with Gasteiger partial charge in [-0.3, -0.25) is 9.15 Å². The van der Waals surface area contributed by atoms with E-state index in [1.807, 2.05) is 19.2 Å². The van der Waals surface area contributed by atoms with Gasteiger partial charge in [0.1, 0.15) is 0 Å². The van der Waals surface area contributed by atoms with Gasteiger partial charge in [0.2, 0.25) is 11.2 Å². The summed E-state index contributed by atoms with van der Waals surface area (Å²) >= 11 is 0. The standard InChI is InChI=1S/C10H13NO2/c1-7(11-2)5-8-3-4-9-10(6-8)13-12-9/h3-4,6-7,11H,5H2,1-2H3/t7-/m1/s1. The molecule has 0 spiro atoms. The average molecular weight is 179 g/mol. The van der Waals surface area contributed by atoms with Crippen LogP contribution in [0.4, 0.5) is 0 Å². The molecular formula is C10H13NO2. The lowest BCUT2D eigenvalue weighted by molar-refractivity contribution is 0.0588. The molecule has 2 aromatic rings. The Morgan fingerprint density at radius 1 is 1.31 bits per heavy atom. The van der Waals surface area contributed by atoms with E-state index >= 15 is 0 Å². The second kappa shape index (κ2) is 3.26. The Bertz CT molecular complexity index is 388. The van der Waals surface area contributed by atoms with Gasteiger partial charge in [-0.2, -0.15) is 0 Å². The monoisotopic (exact) mass is 179 g/mol. The molecule has 1 N–H and O–H groups in total. The first kappa shape index (κ1) is 8.38. The minimum atomic E-state index is 0.485. The molecule has 0 amide bonds. The third kappa shape index (κ3) is 1.60. The number of likely N-dealkylation sites (N-methyl/N-ethyl adjacent to an activating group) is 1. The van der Waals surface area contributed by atoms with Crippen molar-refractivity contribution in [3.63, 3.8) is 0 Å². The maximum absolute atomic E-state index is 4.81. The molecule has 0 aliphatic heterocycles. The van der Waals surface area contributed by atoms with Crippen LogP contribution in [0.1, 0.15) is 12.5 Å². The summed E-state index contributed by atoms with van der Waals surface area (Å²) in [5, 5.41) is 3.19. The molecule has 13 heavy (non-hydrogen) atoms. The molecule has 3 heteroatoms. The Morgan fingerprint density at radius 2 is 2.08 bits per heavy atom. The minimum absolute atomic E-state index is 0.485. The van der Waals surface area contributed by atoms with E-state index in [2.05, 4.69) is 18.3 Å². The van der Waals surface area contributed by atoms with Gasteiger partial charge < -0.3 is 5.32 Å². The highest BCUT2D eigenvalue weighted by atomic mass is 17.0. The van der Waals surface area contributed by atoms with E-state index in [4.69, 9.17) is 9.15 Å². The van der Waals surface area contributed by atoms with Crippen molar-refractivity contribution >= 4 is 11.2 Å². The van der Waals surface area contributed by atoms with Crippen molar-refractivity contribution in [2.45, 2.75) is 19.4 Å². The van der Waals surface area contributed by atoms with Gasteiger partial charge in [0.05, 0.1) is 0 Å². The van der Waals surface area contributed by atoms with Crippen LogP contribution in [0.2, 0.25) is 0 Å². The molecule has 0 saturated heterocycles. The summed E-state index contributed by atoms with van der Waals surface area (Å²) in [6.45, 7) is 2.15. The van der Waals surface area contributed by atoms with Gasteiger partial charge in [-0.25, -0.2) is 0 Å². The van der Waals surface area contributed by atoms with E-state index in [-0.39, 0.29) is 0 Å². The minimum Gasteiger partial charge on any atom is -0.317 e. The van der Waals surface area contributed by atoms with Crippen LogP contribution in [0.3, 0.4) is 0 Å². The smallest absolute Gasteiger partial charge is 0.225 e. The number of hydrogen-bond donors (Lipinski definition) is 1. The van der Waals surface area contributed by atoms with Crippen molar-refractivity contribution in [2.75, 3.05) is 7.05 Å². The lowest BCUT2D eigenvalue weighted by Crippen LogP contribution is -2.23. The first-order chi connectivity index (χ1) is 6.29. The number of nitrogens with one attached hydrogen (secondary N) is 1. The Balaban J connectivity index is 2.16. The highest BCUT2D eigenvalue weighted by Crippen LogP contribution is 2.20. The predicted octanol–water partition coefficient (Wildman–Crippen LogP) is 2.18. The fourth-order valence-corrected chi connectivity index (χ4v) is 1.32. The summed E-state index contributed by atoms with van der Waals surface area (Å²) in [7, 11) is 1.96. The van der Waals surface area contributed by atoms with E-state index in [1.54, 1.807) is 0 Å². The van der Waals surface area contributed by atoms with Gasteiger partial charge in [-0.15, -0.1) is 0 Å². The second-order valence-corrected chi connectivity index (χ2v) is 3.34. The van der Waals surface area contributed by atoms with Crippen molar-refractivity contribution in [1.82, 2.24) is 5.32 Å². The lowest BCUT2D eigenvalue weighted by atomic mass is 10.1. The highest BCUT2D eigenvalue weighted by molar-refractivity contribution is 5.71. The van der Waals surface area contributed by atoms with Crippen LogP contribution in [0, 0.1) is 0 Å². The molecule has 1 heterocycles. The molecule has 70 valence electrons. The maximum atomic E-state index is 4.81. The Hall–Kier alpha value is -1.22. The Morgan fingerprint density at radius 3 is 2.62 bits per heavy atom. The topological polar surface area (TPSA) is 38.3 Å². The summed E-state index contributed by atoms with van der Waals surface area (Å²) in [5.41, 5.74) is 2.95. The van der Waals surface area contributed by atoms with E-state index < -0.39 is 0 Å². The van der Waals surface area contributed by atoms with Crippen molar-refractivity contribution in [3.05, 3.63) is 23.8 Å². The Kier molecular flexibility index (Phi) is 2.10. The molecule has 0 bridgehead atoms. The molecule has 0 aliphatic rings. The molecule has 3 nitrogen and oxygen atoms in total. The normalized spacial score (nSPS) is 13.7. The molecule has 0 unspecified atom stereocenters. The van der Waals surface area contributed by atoms with E-state index in [0.717, 1.165) is 17.6 Å². The van der Waals surface area contributed by atoms with Gasteiger partial charge in [0.25, 0.3) is 0 Å². The van der Waals surface area contributed by atoms with Crippen LogP contribution < -0.4 is 5.32 Å². The van der Waals surface area contributed by atoms with E-state index in [0.29, 0.717) is 6.04 Å². The summed E-state index contributed by atoms with van der Waals surface area (Å²) in [4.78, 5) is 0. The van der Waals surface area contributed by atoms with Gasteiger partial charge in [-0.1, -0.05) is 6.07 Å². The Labute approximate surface area is 76.6 Å². The molecule has 1 aromatic carbocycles. The molecule has 0 fully saturated rings. The molecular weight excluding hydrogens is 166 g/mol. The number of rotatable bonds is 3. The summed E-state index contributed by atoms with van der Waals surface area (Å²) in [5.74, 6) is 0. The zero-order chi connectivity index (χ0) is 9.26. The molecule has 0 radical (unpaired) electrons. The first-order valence-corrected chi connectivity index (χ1v) is 4.44. The summed E-state index contributed by atoms with van der Waals surface area (Å²) < 4.78 is 9.56. The summed E-state index contributed by atoms with van der Waals surface area (Å²) in [6.07, 6.45) is 1.01. The van der Waals surface area contributed by atoms with Crippen LogP contribution >= 0.6 is 0 Å². The van der Waals surface area contributed by atoms with Gasteiger partial charge in [-0.05, 0) is 38.1 Å². The van der Waals surface area contributed by atoms with Crippen molar-refractivity contribution in [2.24, 2.45) is 0 Å². The van der Waals surface area contributed by atoms with Crippen molar-refractivity contribution in [1.29, 1.82) is 0 Å². The fraction of sp³-hybridized carbons (Fsp3) is 0.400. The quantitative estimate of drug-likeness (QED) is 0.734. The summed E-state index contributed by atoms with van der Waals surface area (Å²) in [6, 6.07) is 6.51. The van der Waals surface area contributed by atoms with Crippen molar-refractivity contribution in [3.8, 4) is 0 Å². The van der Waals surface area contributed by atoms with Gasteiger partial charge in [0, 0.05) is 6.04 Å². The van der Waals surface area contributed by atoms with Crippen LogP contribution in [-0.2, 0) is 6.42 Å². The second-order valence-electron chi connectivity index (χ2n) is 3.34. The van der Waals surface area contributed by atoms with Gasteiger partial charge in [0.15, 0.2) is 0 Å². The number of hydrogen-bond acceptors (Lipinski definition) is 3. The van der Waals surface area contributed by atoms with E-state index in [1.165, 1.54) is 5.56 Å². The van der Waals surface area contributed by atoms with Crippen LogP contribution in [0.15, 0.2) is 27.4 Å². The SMILES string of the molecule is CN[C@H](C)Cc1ccc2ooc2c1. The average Bonchev–Trinajstić information content (AvgIpc) is 2.10. The molecule has 2 rings (SSSR count). The number of fused-ring (bicyclic) bond motifs is 1. The molecule has 1 atom stereocenters. The fourth-order valence-electron chi connectivity index (χ4n) is 1.32. The lowest BCUT2D eigenvalue weighted by Gasteiger charge is -2.09. The van der Waals surface area contributed by atoms with Crippen LogP contribution in [0.25, 0.3) is 11.2 Å². The largest absolute Gasteiger partial charge is 0.317 e. The predicted molar refractivity (Wildman–Crippen MR) is 50.7 cm³/mol.